The first kappa shape index (κ1) is 18.0. The van der Waals surface area contributed by atoms with E-state index in [1.165, 1.54) is 30.0 Å². The summed E-state index contributed by atoms with van der Waals surface area (Å²) in [6.07, 6.45) is 6.93. The van der Waals surface area contributed by atoms with E-state index in [4.69, 9.17) is 4.98 Å². The van der Waals surface area contributed by atoms with Crippen molar-refractivity contribution in [3.63, 3.8) is 0 Å². The van der Waals surface area contributed by atoms with Gasteiger partial charge in [0.2, 0.25) is 5.95 Å². The van der Waals surface area contributed by atoms with E-state index in [0.29, 0.717) is 5.56 Å². The van der Waals surface area contributed by atoms with Crippen molar-refractivity contribution < 1.29 is 4.39 Å². The molecule has 1 aliphatic carbocycles. The number of benzene rings is 1. The lowest BCUT2D eigenvalue weighted by molar-refractivity contribution is 0.565. The molecular formula is C22H22FN5O. The lowest BCUT2D eigenvalue weighted by atomic mass is 9.94. The summed E-state index contributed by atoms with van der Waals surface area (Å²) in [4.78, 5) is 24.2. The standard InChI is InChI=1S/C22H22FN5O/c23-18-7-3-2-6-16(18)14-28-20(29)12-15-8-9-19-17(21(15)26-28)13-24-22(25-19)27-10-4-1-5-11-27/h2-3,6-7,12-13H,1,4-5,8-11,14H2. The van der Waals surface area contributed by atoms with E-state index in [-0.39, 0.29) is 17.9 Å². The van der Waals surface area contributed by atoms with Crippen LogP contribution in [0.2, 0.25) is 0 Å². The Bertz CT molecular complexity index is 1120. The van der Waals surface area contributed by atoms with Crippen LogP contribution in [-0.2, 0) is 19.4 Å². The van der Waals surface area contributed by atoms with Gasteiger partial charge in [-0.15, -0.1) is 0 Å². The molecule has 3 aromatic rings. The van der Waals surface area contributed by atoms with Crippen LogP contribution in [0.4, 0.5) is 10.3 Å². The molecule has 1 aliphatic heterocycles. The summed E-state index contributed by atoms with van der Waals surface area (Å²) in [5.41, 5.74) is 3.69. The largest absolute Gasteiger partial charge is 0.341 e. The Balaban J connectivity index is 1.51. The third kappa shape index (κ3) is 3.41. The zero-order chi connectivity index (χ0) is 19.8. The number of hydrogen-bond acceptors (Lipinski definition) is 5. The minimum Gasteiger partial charge on any atom is -0.341 e. The van der Waals surface area contributed by atoms with Gasteiger partial charge in [0.25, 0.3) is 5.56 Å². The lowest BCUT2D eigenvalue weighted by Gasteiger charge is -2.28. The van der Waals surface area contributed by atoms with E-state index < -0.39 is 0 Å². The molecule has 29 heavy (non-hydrogen) atoms. The van der Waals surface area contributed by atoms with Crippen molar-refractivity contribution in [2.45, 2.75) is 38.6 Å². The monoisotopic (exact) mass is 391 g/mol. The molecule has 7 heteroatoms. The zero-order valence-electron chi connectivity index (χ0n) is 16.1. The number of halogens is 1. The van der Waals surface area contributed by atoms with Gasteiger partial charge in [-0.2, -0.15) is 5.10 Å². The first-order valence-corrected chi connectivity index (χ1v) is 10.1. The van der Waals surface area contributed by atoms with Gasteiger partial charge in [-0.05, 0) is 43.7 Å². The van der Waals surface area contributed by atoms with Gasteiger partial charge in [0.1, 0.15) is 5.82 Å². The molecule has 2 aromatic heterocycles. The molecule has 0 saturated carbocycles. The second-order valence-corrected chi connectivity index (χ2v) is 7.68. The Hall–Kier alpha value is -3.09. The van der Waals surface area contributed by atoms with Crippen molar-refractivity contribution >= 4 is 5.95 Å². The van der Waals surface area contributed by atoms with Crippen LogP contribution in [0.5, 0.6) is 0 Å². The second-order valence-electron chi connectivity index (χ2n) is 7.68. The highest BCUT2D eigenvalue weighted by molar-refractivity contribution is 5.67. The maximum Gasteiger partial charge on any atom is 0.267 e. The second kappa shape index (κ2) is 7.39. The summed E-state index contributed by atoms with van der Waals surface area (Å²) < 4.78 is 15.4. The molecule has 0 N–H and O–H groups in total. The van der Waals surface area contributed by atoms with Crippen molar-refractivity contribution in [3.8, 4) is 11.3 Å². The number of fused-ring (bicyclic) bond motifs is 3. The molecule has 0 amide bonds. The zero-order valence-corrected chi connectivity index (χ0v) is 16.1. The lowest BCUT2D eigenvalue weighted by Crippen LogP contribution is -2.31. The smallest absolute Gasteiger partial charge is 0.267 e. The van der Waals surface area contributed by atoms with E-state index in [2.05, 4.69) is 15.0 Å². The van der Waals surface area contributed by atoms with Crippen molar-refractivity contribution in [1.29, 1.82) is 0 Å². The van der Waals surface area contributed by atoms with E-state index in [9.17, 15) is 9.18 Å². The highest BCUT2D eigenvalue weighted by Gasteiger charge is 2.23. The summed E-state index contributed by atoms with van der Waals surface area (Å²) in [6, 6.07) is 8.07. The van der Waals surface area contributed by atoms with Crippen LogP contribution in [0.25, 0.3) is 11.3 Å². The number of nitrogens with zero attached hydrogens (tertiary/aromatic N) is 5. The quantitative estimate of drug-likeness (QED) is 0.687. The molecular weight excluding hydrogens is 369 g/mol. The van der Waals surface area contributed by atoms with Crippen LogP contribution in [-0.4, -0.2) is 32.8 Å². The highest BCUT2D eigenvalue weighted by atomic mass is 19.1. The summed E-state index contributed by atoms with van der Waals surface area (Å²) in [5, 5.41) is 4.58. The topological polar surface area (TPSA) is 63.9 Å². The third-order valence-electron chi connectivity index (χ3n) is 5.74. The average molecular weight is 391 g/mol. The summed E-state index contributed by atoms with van der Waals surface area (Å²) in [7, 11) is 0. The van der Waals surface area contributed by atoms with Crippen LogP contribution in [0.3, 0.4) is 0 Å². The van der Waals surface area contributed by atoms with Crippen molar-refractivity contribution in [1.82, 2.24) is 19.7 Å². The van der Waals surface area contributed by atoms with Gasteiger partial charge < -0.3 is 4.90 Å². The highest BCUT2D eigenvalue weighted by Crippen LogP contribution is 2.31. The molecule has 148 valence electrons. The SMILES string of the molecule is O=c1cc2c(nn1Cc1ccccc1F)-c1cnc(N3CCCCC3)nc1CC2. The average Bonchev–Trinajstić information content (AvgIpc) is 2.76. The van der Waals surface area contributed by atoms with Gasteiger partial charge in [-0.3, -0.25) is 4.79 Å². The van der Waals surface area contributed by atoms with Crippen LogP contribution in [0, 0.1) is 5.82 Å². The van der Waals surface area contributed by atoms with Crippen LogP contribution < -0.4 is 10.5 Å². The first-order chi connectivity index (χ1) is 14.2. The minimum atomic E-state index is -0.339. The molecule has 1 saturated heterocycles. The van der Waals surface area contributed by atoms with Gasteiger partial charge in [0.05, 0.1) is 17.9 Å². The molecule has 1 aromatic carbocycles. The number of piperidine rings is 1. The van der Waals surface area contributed by atoms with Gasteiger partial charge in [-0.25, -0.2) is 19.0 Å². The molecule has 0 radical (unpaired) electrons. The molecule has 3 heterocycles. The Kier molecular flexibility index (Phi) is 4.58. The van der Waals surface area contributed by atoms with Crippen molar-refractivity contribution in [2.75, 3.05) is 18.0 Å². The fourth-order valence-corrected chi connectivity index (χ4v) is 4.14. The van der Waals surface area contributed by atoms with E-state index in [1.807, 2.05) is 6.20 Å². The van der Waals surface area contributed by atoms with Gasteiger partial charge in [0, 0.05) is 36.5 Å². The van der Waals surface area contributed by atoms with Gasteiger partial charge >= 0.3 is 0 Å². The maximum atomic E-state index is 14.0. The van der Waals surface area contributed by atoms with Crippen molar-refractivity contribution in [3.05, 3.63) is 69.5 Å². The predicted octanol–water partition coefficient (Wildman–Crippen LogP) is 2.98. The predicted molar refractivity (Wildman–Crippen MR) is 108 cm³/mol. The number of aromatic nitrogens is 4. The van der Waals surface area contributed by atoms with Crippen molar-refractivity contribution in [2.24, 2.45) is 0 Å². The molecule has 6 nitrogen and oxygen atoms in total. The Morgan fingerprint density at radius 3 is 2.72 bits per heavy atom. The molecule has 0 unspecified atom stereocenters. The Morgan fingerprint density at radius 1 is 1.07 bits per heavy atom. The first-order valence-electron chi connectivity index (χ1n) is 10.1. The van der Waals surface area contributed by atoms with Crippen LogP contribution in [0.15, 0.2) is 41.3 Å². The maximum absolute atomic E-state index is 14.0. The Labute approximate surface area is 168 Å². The van der Waals surface area contributed by atoms with E-state index >= 15 is 0 Å². The fourth-order valence-electron chi connectivity index (χ4n) is 4.14. The third-order valence-corrected chi connectivity index (χ3v) is 5.74. The number of anilines is 1. The number of hydrogen-bond donors (Lipinski definition) is 0. The molecule has 0 atom stereocenters. The molecule has 5 rings (SSSR count). The number of aryl methyl sites for hydroxylation is 2. The minimum absolute atomic E-state index is 0.0981. The van der Waals surface area contributed by atoms with Gasteiger partial charge in [-0.1, -0.05) is 18.2 Å². The summed E-state index contributed by atoms with van der Waals surface area (Å²) >= 11 is 0. The molecule has 1 fully saturated rings. The number of rotatable bonds is 3. The molecule has 0 bridgehead atoms. The van der Waals surface area contributed by atoms with E-state index in [1.54, 1.807) is 24.3 Å². The van der Waals surface area contributed by atoms with Gasteiger partial charge in [0.15, 0.2) is 0 Å². The summed E-state index contributed by atoms with van der Waals surface area (Å²) in [5.74, 6) is 0.445. The molecule has 0 spiro atoms. The normalized spacial score (nSPS) is 15.7. The molecule has 2 aliphatic rings. The van der Waals surface area contributed by atoms with Crippen LogP contribution >= 0.6 is 0 Å². The fraction of sp³-hybridized carbons (Fsp3) is 0.364. The Morgan fingerprint density at radius 2 is 1.90 bits per heavy atom. The summed E-state index contributed by atoms with van der Waals surface area (Å²) in [6.45, 7) is 2.09. The van der Waals surface area contributed by atoms with E-state index in [0.717, 1.165) is 54.4 Å². The van der Waals surface area contributed by atoms with Crippen LogP contribution in [0.1, 0.15) is 36.1 Å².